The van der Waals surface area contributed by atoms with Gasteiger partial charge >= 0.3 is 0 Å². The van der Waals surface area contributed by atoms with Gasteiger partial charge in [0.2, 0.25) is 0 Å². The van der Waals surface area contributed by atoms with E-state index in [1.807, 2.05) is 0 Å². The highest BCUT2D eigenvalue weighted by atomic mass is 35.5. The second-order valence-corrected chi connectivity index (χ2v) is 3.84. The maximum atomic E-state index is 11.7. The van der Waals surface area contributed by atoms with E-state index in [1.165, 1.54) is 4.57 Å². The van der Waals surface area contributed by atoms with Crippen LogP contribution in [0.4, 0.5) is 5.82 Å². The molecule has 1 N–H and O–H groups in total. The van der Waals surface area contributed by atoms with Gasteiger partial charge in [-0.05, 0) is 6.42 Å². The monoisotopic (exact) mass is 245 g/mol. The minimum Gasteiger partial charge on any atom is -0.383 e. The first-order valence-corrected chi connectivity index (χ1v) is 5.55. The molecule has 0 radical (unpaired) electrons. The van der Waals surface area contributed by atoms with Gasteiger partial charge in [0.05, 0.1) is 12.6 Å². The minimum absolute atomic E-state index is 0.00472. The van der Waals surface area contributed by atoms with E-state index in [9.17, 15) is 4.79 Å². The van der Waals surface area contributed by atoms with Gasteiger partial charge in [-0.3, -0.25) is 4.79 Å². The van der Waals surface area contributed by atoms with Crippen LogP contribution in [-0.2, 0) is 11.8 Å². The summed E-state index contributed by atoms with van der Waals surface area (Å²) in [6.07, 6.45) is 3.91. The first-order chi connectivity index (χ1) is 7.69. The van der Waals surface area contributed by atoms with E-state index in [-0.39, 0.29) is 11.6 Å². The molecule has 1 heterocycles. The Hall–Kier alpha value is -1.07. The number of aromatic nitrogens is 2. The third-order valence-corrected chi connectivity index (χ3v) is 2.40. The van der Waals surface area contributed by atoms with Gasteiger partial charge in [0.25, 0.3) is 5.56 Å². The fraction of sp³-hybridized carbons (Fsp3) is 0.600. The van der Waals surface area contributed by atoms with Crippen LogP contribution in [0.3, 0.4) is 0 Å². The van der Waals surface area contributed by atoms with Gasteiger partial charge in [-0.15, -0.1) is 11.6 Å². The molecule has 1 rings (SSSR count). The number of ether oxygens (including phenoxy) is 1. The highest BCUT2D eigenvalue weighted by Gasteiger charge is 2.11. The van der Waals surface area contributed by atoms with Crippen molar-refractivity contribution >= 4 is 17.4 Å². The van der Waals surface area contributed by atoms with Crippen molar-refractivity contribution in [1.29, 1.82) is 0 Å². The molecular formula is C10H16ClN3O2. The van der Waals surface area contributed by atoms with Crippen molar-refractivity contribution in [3.8, 4) is 0 Å². The average Bonchev–Trinajstić information content (AvgIpc) is 2.25. The van der Waals surface area contributed by atoms with Gasteiger partial charge in [0, 0.05) is 32.4 Å². The van der Waals surface area contributed by atoms with Crippen molar-refractivity contribution in [2.75, 3.05) is 24.9 Å². The van der Waals surface area contributed by atoms with Gasteiger partial charge in [-0.2, -0.15) is 0 Å². The van der Waals surface area contributed by atoms with Crippen LogP contribution in [0.15, 0.2) is 17.2 Å². The van der Waals surface area contributed by atoms with Crippen LogP contribution in [0.2, 0.25) is 0 Å². The normalized spacial score (nSPS) is 12.4. The van der Waals surface area contributed by atoms with Crippen LogP contribution < -0.4 is 10.9 Å². The zero-order valence-electron chi connectivity index (χ0n) is 9.44. The van der Waals surface area contributed by atoms with E-state index in [0.717, 1.165) is 6.42 Å². The van der Waals surface area contributed by atoms with Crippen molar-refractivity contribution in [1.82, 2.24) is 9.55 Å². The molecule has 0 aliphatic carbocycles. The van der Waals surface area contributed by atoms with Gasteiger partial charge in [0.15, 0.2) is 5.82 Å². The van der Waals surface area contributed by atoms with Gasteiger partial charge < -0.3 is 14.6 Å². The molecule has 0 bridgehead atoms. The lowest BCUT2D eigenvalue weighted by molar-refractivity contribution is 0.184. The van der Waals surface area contributed by atoms with E-state index in [1.54, 1.807) is 26.6 Å². The number of hydrogen-bond acceptors (Lipinski definition) is 4. The van der Waals surface area contributed by atoms with Crippen molar-refractivity contribution in [3.05, 3.63) is 22.7 Å². The number of halogens is 1. The summed E-state index contributed by atoms with van der Waals surface area (Å²) in [7, 11) is 3.29. The summed E-state index contributed by atoms with van der Waals surface area (Å²) >= 11 is 5.67. The fourth-order valence-corrected chi connectivity index (χ4v) is 1.58. The van der Waals surface area contributed by atoms with E-state index in [0.29, 0.717) is 18.3 Å². The predicted octanol–water partition coefficient (Wildman–Crippen LogP) is 0.836. The van der Waals surface area contributed by atoms with Crippen molar-refractivity contribution in [2.24, 2.45) is 7.05 Å². The Kier molecular flexibility index (Phi) is 5.28. The summed E-state index contributed by atoms with van der Waals surface area (Å²) in [4.78, 5) is 15.7. The smallest absolute Gasteiger partial charge is 0.293 e. The number of hydrogen-bond donors (Lipinski definition) is 1. The average molecular weight is 246 g/mol. The third kappa shape index (κ3) is 3.50. The summed E-state index contributed by atoms with van der Waals surface area (Å²) in [5.74, 6) is 0.839. The van der Waals surface area contributed by atoms with E-state index in [4.69, 9.17) is 16.3 Å². The molecule has 0 saturated heterocycles. The molecule has 6 heteroatoms. The Morgan fingerprint density at radius 3 is 3.06 bits per heavy atom. The van der Waals surface area contributed by atoms with Crippen molar-refractivity contribution in [2.45, 2.75) is 12.5 Å². The third-order valence-electron chi connectivity index (χ3n) is 2.18. The molecule has 0 aliphatic rings. The minimum atomic E-state index is -0.154. The molecule has 1 atom stereocenters. The molecule has 5 nitrogen and oxygen atoms in total. The number of nitrogens with zero attached hydrogens (tertiary/aromatic N) is 2. The van der Waals surface area contributed by atoms with E-state index in [2.05, 4.69) is 10.3 Å². The predicted molar refractivity (Wildman–Crippen MR) is 64.1 cm³/mol. The first kappa shape index (κ1) is 13.0. The van der Waals surface area contributed by atoms with E-state index >= 15 is 0 Å². The molecule has 0 spiro atoms. The molecule has 0 fully saturated rings. The Bertz CT molecular complexity index is 375. The molecule has 0 saturated carbocycles. The summed E-state index contributed by atoms with van der Waals surface area (Å²) in [6, 6.07) is 0.00472. The Morgan fingerprint density at radius 1 is 1.69 bits per heavy atom. The number of aryl methyl sites for hydroxylation is 1. The Morgan fingerprint density at radius 2 is 2.44 bits per heavy atom. The number of alkyl halides is 1. The van der Waals surface area contributed by atoms with Crippen LogP contribution in [0.5, 0.6) is 0 Å². The highest BCUT2D eigenvalue weighted by Crippen LogP contribution is 2.02. The van der Waals surface area contributed by atoms with Crippen LogP contribution >= 0.6 is 11.6 Å². The lowest BCUT2D eigenvalue weighted by Crippen LogP contribution is -2.31. The molecule has 1 aromatic rings. The SMILES string of the molecule is COCC(CCCl)Nc1nccn(C)c1=O. The zero-order valence-corrected chi connectivity index (χ0v) is 10.2. The Labute approximate surface area is 99.4 Å². The molecule has 16 heavy (non-hydrogen) atoms. The molecule has 0 aliphatic heterocycles. The standard InChI is InChI=1S/C10H16ClN3O2/c1-14-6-5-12-9(10(14)15)13-8(3-4-11)7-16-2/h5-6,8H,3-4,7H2,1-2H3,(H,12,13). The Balaban J connectivity index is 2.76. The summed E-state index contributed by atoms with van der Waals surface area (Å²) in [5.41, 5.74) is -0.154. The summed E-state index contributed by atoms with van der Waals surface area (Å²) in [6.45, 7) is 0.493. The number of methoxy groups -OCH3 is 1. The van der Waals surface area contributed by atoms with Crippen molar-refractivity contribution in [3.63, 3.8) is 0 Å². The van der Waals surface area contributed by atoms with Gasteiger partial charge in [-0.1, -0.05) is 0 Å². The maximum absolute atomic E-state index is 11.7. The topological polar surface area (TPSA) is 56.1 Å². The molecule has 0 aromatic carbocycles. The van der Waals surface area contributed by atoms with E-state index < -0.39 is 0 Å². The number of anilines is 1. The zero-order chi connectivity index (χ0) is 12.0. The largest absolute Gasteiger partial charge is 0.383 e. The van der Waals surface area contributed by atoms with Crippen LogP contribution in [0.25, 0.3) is 0 Å². The lowest BCUT2D eigenvalue weighted by atomic mass is 10.2. The molecule has 90 valence electrons. The molecular weight excluding hydrogens is 230 g/mol. The number of nitrogens with one attached hydrogen (secondary N) is 1. The fourth-order valence-electron chi connectivity index (χ4n) is 1.32. The number of rotatable bonds is 6. The highest BCUT2D eigenvalue weighted by molar-refractivity contribution is 6.17. The van der Waals surface area contributed by atoms with Crippen LogP contribution in [0.1, 0.15) is 6.42 Å². The van der Waals surface area contributed by atoms with Gasteiger partial charge in [0.1, 0.15) is 0 Å². The second kappa shape index (κ2) is 6.50. The lowest BCUT2D eigenvalue weighted by Gasteiger charge is -2.16. The summed E-state index contributed by atoms with van der Waals surface area (Å²) < 4.78 is 6.51. The molecule has 1 aromatic heterocycles. The summed E-state index contributed by atoms with van der Waals surface area (Å²) in [5, 5.41) is 3.04. The second-order valence-electron chi connectivity index (χ2n) is 3.47. The van der Waals surface area contributed by atoms with Crippen LogP contribution in [0, 0.1) is 0 Å². The first-order valence-electron chi connectivity index (χ1n) is 5.02. The van der Waals surface area contributed by atoms with Crippen LogP contribution in [-0.4, -0.2) is 35.2 Å². The van der Waals surface area contributed by atoms with Gasteiger partial charge in [-0.25, -0.2) is 4.98 Å². The molecule has 0 amide bonds. The quantitative estimate of drug-likeness (QED) is 0.755. The molecule has 1 unspecified atom stereocenters. The van der Waals surface area contributed by atoms with Crippen molar-refractivity contribution < 1.29 is 4.74 Å². The maximum Gasteiger partial charge on any atom is 0.293 e.